The molecule has 13 heavy (non-hydrogen) atoms. The summed E-state index contributed by atoms with van der Waals surface area (Å²) in [5.41, 5.74) is 0.601. The number of nitrogens with zero attached hydrogens (tertiary/aromatic N) is 2. The molecule has 0 spiro atoms. The topological polar surface area (TPSA) is 85.9 Å². The van der Waals surface area contributed by atoms with Crippen LogP contribution < -0.4 is 5.14 Å². The number of aromatic nitrogens is 2. The first-order chi connectivity index (χ1) is 6.09. The summed E-state index contributed by atoms with van der Waals surface area (Å²) in [6.07, 6.45) is 1.19. The summed E-state index contributed by atoms with van der Waals surface area (Å²) in [5, 5.41) is 6.61. The van der Waals surface area contributed by atoms with Crippen LogP contribution in [0, 0.1) is 0 Å². The highest BCUT2D eigenvalue weighted by molar-refractivity contribution is 7.89. The molecule has 0 radical (unpaired) electrons. The van der Waals surface area contributed by atoms with Crippen molar-refractivity contribution >= 4 is 31.6 Å². The molecule has 0 aliphatic heterocycles. The van der Waals surface area contributed by atoms with E-state index in [2.05, 4.69) is 9.97 Å². The van der Waals surface area contributed by atoms with Crippen LogP contribution in [0.3, 0.4) is 0 Å². The summed E-state index contributed by atoms with van der Waals surface area (Å²) < 4.78 is 22.6. The lowest BCUT2D eigenvalue weighted by Gasteiger charge is -1.96. The molecular weight excluding hydrogens is 210 g/mol. The molecule has 2 aromatic rings. The molecule has 0 bridgehead atoms. The molecule has 2 heterocycles. The van der Waals surface area contributed by atoms with Gasteiger partial charge in [0.25, 0.3) is 10.0 Å². The molecule has 0 amide bonds. The van der Waals surface area contributed by atoms with E-state index in [4.69, 9.17) is 5.14 Å². The third-order valence-electron chi connectivity index (χ3n) is 1.48. The number of fused-ring (bicyclic) bond motifs is 1. The molecule has 2 aromatic heterocycles. The molecule has 5 nitrogen and oxygen atoms in total. The van der Waals surface area contributed by atoms with Crippen LogP contribution in [0.25, 0.3) is 10.2 Å². The zero-order valence-corrected chi connectivity index (χ0v) is 7.97. The molecule has 0 atom stereocenters. The van der Waals surface area contributed by atoms with Gasteiger partial charge in [0.15, 0.2) is 5.03 Å². The quantitative estimate of drug-likeness (QED) is 0.695. The minimum Gasteiger partial charge on any atom is -0.235 e. The van der Waals surface area contributed by atoms with E-state index in [1.165, 1.54) is 17.7 Å². The maximum atomic E-state index is 11.0. The van der Waals surface area contributed by atoms with Gasteiger partial charge in [0, 0.05) is 0 Å². The summed E-state index contributed by atoms with van der Waals surface area (Å²) in [5.74, 6) is 0. The molecule has 0 aromatic carbocycles. The van der Waals surface area contributed by atoms with Crippen LogP contribution in [0.2, 0.25) is 0 Å². The number of primary sulfonamides is 1. The number of sulfonamides is 1. The number of thiophene rings is 1. The number of rotatable bonds is 1. The molecule has 2 N–H and O–H groups in total. The lowest BCUT2D eigenvalue weighted by Crippen LogP contribution is -2.14. The zero-order valence-electron chi connectivity index (χ0n) is 6.34. The van der Waals surface area contributed by atoms with Gasteiger partial charge in [0.2, 0.25) is 0 Å². The molecule has 68 valence electrons. The Kier molecular flexibility index (Phi) is 1.79. The van der Waals surface area contributed by atoms with Gasteiger partial charge in [-0.25, -0.2) is 23.5 Å². The average molecular weight is 215 g/mol. The smallest absolute Gasteiger partial charge is 0.235 e. The summed E-state index contributed by atoms with van der Waals surface area (Å²) in [6, 6.07) is 1.72. The minimum atomic E-state index is -3.74. The van der Waals surface area contributed by atoms with E-state index in [0.717, 1.165) is 0 Å². The second kappa shape index (κ2) is 2.72. The Labute approximate surface area is 78.3 Å². The van der Waals surface area contributed by atoms with Crippen molar-refractivity contribution < 1.29 is 8.42 Å². The van der Waals surface area contributed by atoms with Crippen molar-refractivity contribution in [3.05, 3.63) is 17.8 Å². The van der Waals surface area contributed by atoms with Crippen molar-refractivity contribution in [1.29, 1.82) is 0 Å². The van der Waals surface area contributed by atoms with Crippen LogP contribution in [-0.4, -0.2) is 18.4 Å². The molecule has 0 unspecified atom stereocenters. The van der Waals surface area contributed by atoms with Gasteiger partial charge in [-0.3, -0.25) is 0 Å². The first-order valence-electron chi connectivity index (χ1n) is 3.30. The second-order valence-corrected chi connectivity index (χ2v) is 4.75. The lowest BCUT2D eigenvalue weighted by atomic mass is 10.5. The Balaban J connectivity index is 2.91. The van der Waals surface area contributed by atoms with E-state index < -0.39 is 10.0 Å². The van der Waals surface area contributed by atoms with Gasteiger partial charge in [-0.15, -0.1) is 11.3 Å². The fourth-order valence-corrected chi connectivity index (χ4v) is 2.75. The van der Waals surface area contributed by atoms with Crippen LogP contribution in [0.15, 0.2) is 22.8 Å². The van der Waals surface area contributed by atoms with Gasteiger partial charge in [-0.1, -0.05) is 0 Å². The van der Waals surface area contributed by atoms with Crippen LogP contribution in [0.4, 0.5) is 0 Å². The summed E-state index contributed by atoms with van der Waals surface area (Å²) in [7, 11) is -3.74. The molecular formula is C6H5N3O2S2. The van der Waals surface area contributed by atoms with Gasteiger partial charge in [0.05, 0.1) is 10.2 Å². The second-order valence-electron chi connectivity index (χ2n) is 2.36. The van der Waals surface area contributed by atoms with E-state index in [0.29, 0.717) is 10.2 Å². The van der Waals surface area contributed by atoms with Crippen molar-refractivity contribution in [2.75, 3.05) is 0 Å². The zero-order chi connectivity index (χ0) is 9.47. The Morgan fingerprint density at radius 3 is 2.85 bits per heavy atom. The molecule has 0 aliphatic rings. The fraction of sp³-hybridized carbons (Fsp3) is 0. The van der Waals surface area contributed by atoms with Gasteiger partial charge in [-0.05, 0) is 11.4 Å². The van der Waals surface area contributed by atoms with Crippen molar-refractivity contribution in [2.45, 2.75) is 5.03 Å². The standard InChI is InChI=1S/C6H5N3O2S2/c7-13(10,11)6-5-4(1-2-12-5)8-3-9-6/h1-3H,(H2,7,10,11). The third-order valence-corrected chi connectivity index (χ3v) is 3.37. The lowest BCUT2D eigenvalue weighted by molar-refractivity contribution is 0.595. The third kappa shape index (κ3) is 1.41. The van der Waals surface area contributed by atoms with Crippen LogP contribution in [0.5, 0.6) is 0 Å². The Morgan fingerprint density at radius 1 is 1.38 bits per heavy atom. The maximum Gasteiger partial charge on any atom is 0.257 e. The van der Waals surface area contributed by atoms with Crippen LogP contribution in [0.1, 0.15) is 0 Å². The average Bonchev–Trinajstić information content (AvgIpc) is 2.48. The highest BCUT2D eigenvalue weighted by Gasteiger charge is 2.15. The molecule has 2 rings (SSSR count). The molecule has 0 saturated heterocycles. The Hall–Kier alpha value is -1.05. The predicted molar refractivity (Wildman–Crippen MR) is 48.8 cm³/mol. The molecule has 0 aliphatic carbocycles. The highest BCUT2D eigenvalue weighted by Crippen LogP contribution is 2.23. The first-order valence-corrected chi connectivity index (χ1v) is 5.72. The van der Waals surface area contributed by atoms with E-state index in [9.17, 15) is 8.42 Å². The van der Waals surface area contributed by atoms with E-state index >= 15 is 0 Å². The fourth-order valence-electron chi connectivity index (χ4n) is 0.969. The van der Waals surface area contributed by atoms with E-state index in [1.54, 1.807) is 11.4 Å². The maximum absolute atomic E-state index is 11.0. The summed E-state index contributed by atoms with van der Waals surface area (Å²) in [6.45, 7) is 0. The van der Waals surface area contributed by atoms with Crippen LogP contribution >= 0.6 is 11.3 Å². The van der Waals surface area contributed by atoms with Crippen molar-refractivity contribution in [3.8, 4) is 0 Å². The van der Waals surface area contributed by atoms with Gasteiger partial charge >= 0.3 is 0 Å². The first kappa shape index (κ1) is 8.54. The van der Waals surface area contributed by atoms with E-state index in [-0.39, 0.29) is 5.03 Å². The van der Waals surface area contributed by atoms with Gasteiger partial charge < -0.3 is 0 Å². The van der Waals surface area contributed by atoms with Crippen molar-refractivity contribution in [2.24, 2.45) is 5.14 Å². The molecule has 7 heteroatoms. The van der Waals surface area contributed by atoms with Crippen molar-refractivity contribution in [1.82, 2.24) is 9.97 Å². The minimum absolute atomic E-state index is 0.104. The van der Waals surface area contributed by atoms with Gasteiger partial charge in [-0.2, -0.15) is 0 Å². The Bertz CT molecular complexity index is 546. The monoisotopic (exact) mass is 215 g/mol. The summed E-state index contributed by atoms with van der Waals surface area (Å²) >= 11 is 1.26. The van der Waals surface area contributed by atoms with Crippen molar-refractivity contribution in [3.63, 3.8) is 0 Å². The van der Waals surface area contributed by atoms with Crippen LogP contribution in [-0.2, 0) is 10.0 Å². The normalized spacial score (nSPS) is 12.1. The Morgan fingerprint density at radius 2 is 2.15 bits per heavy atom. The number of hydrogen-bond donors (Lipinski definition) is 1. The predicted octanol–water partition coefficient (Wildman–Crippen LogP) is 0.339. The largest absolute Gasteiger partial charge is 0.257 e. The summed E-state index contributed by atoms with van der Waals surface area (Å²) in [4.78, 5) is 7.53. The van der Waals surface area contributed by atoms with Gasteiger partial charge in [0.1, 0.15) is 6.33 Å². The molecule has 0 fully saturated rings. The SMILES string of the molecule is NS(=O)(=O)c1ncnc2ccsc12. The highest BCUT2D eigenvalue weighted by atomic mass is 32.2. The van der Waals surface area contributed by atoms with E-state index in [1.807, 2.05) is 0 Å². The number of nitrogens with two attached hydrogens (primary N) is 1. The molecule has 0 saturated carbocycles. The number of hydrogen-bond acceptors (Lipinski definition) is 5.